The zero-order valence-electron chi connectivity index (χ0n) is 9.00. The van der Waals surface area contributed by atoms with Crippen LogP contribution in [0.15, 0.2) is 11.8 Å². The van der Waals surface area contributed by atoms with E-state index in [1.54, 1.807) is 6.26 Å². The van der Waals surface area contributed by atoms with E-state index in [-0.39, 0.29) is 17.4 Å². The monoisotopic (exact) mass is 184 g/mol. The molecule has 0 fully saturated rings. The summed E-state index contributed by atoms with van der Waals surface area (Å²) in [5, 5.41) is 10.0. The molecule has 0 spiro atoms. The zero-order valence-corrected chi connectivity index (χ0v) is 9.00. The van der Waals surface area contributed by atoms with Crippen LogP contribution in [0.5, 0.6) is 0 Å². The number of aliphatic hydroxyl groups excluding tert-OH is 1. The first-order chi connectivity index (χ1) is 5.93. The Hall–Kier alpha value is -0.500. The van der Waals surface area contributed by atoms with Crippen LogP contribution < -0.4 is 0 Å². The molecule has 1 N–H and O–H groups in total. The van der Waals surface area contributed by atoms with Crippen molar-refractivity contribution in [3.05, 3.63) is 11.8 Å². The zero-order chi connectivity index (χ0) is 10.1. The molecule has 1 aliphatic rings. The van der Waals surface area contributed by atoms with Crippen molar-refractivity contribution in [3.8, 4) is 0 Å². The molecule has 1 heterocycles. The number of hydrogen-bond donors (Lipinski definition) is 1. The van der Waals surface area contributed by atoms with E-state index < -0.39 is 0 Å². The molecule has 0 saturated carbocycles. The van der Waals surface area contributed by atoms with Crippen LogP contribution in [-0.2, 0) is 4.74 Å². The Morgan fingerprint density at radius 2 is 2.08 bits per heavy atom. The summed E-state index contributed by atoms with van der Waals surface area (Å²) in [6.45, 7) is 9.26. The molecule has 0 bridgehead atoms. The molecule has 0 aromatic heterocycles. The van der Waals surface area contributed by atoms with Crippen LogP contribution in [-0.4, -0.2) is 17.8 Å². The Morgan fingerprint density at radius 1 is 1.46 bits per heavy atom. The molecule has 2 atom stereocenters. The van der Waals surface area contributed by atoms with Gasteiger partial charge in [0, 0.05) is 6.42 Å². The lowest BCUT2D eigenvalue weighted by Gasteiger charge is -2.31. The van der Waals surface area contributed by atoms with E-state index in [9.17, 15) is 5.11 Å². The summed E-state index contributed by atoms with van der Waals surface area (Å²) in [7, 11) is 0. The minimum absolute atomic E-state index is 0.142. The van der Waals surface area contributed by atoms with Gasteiger partial charge in [-0.05, 0) is 16.9 Å². The van der Waals surface area contributed by atoms with Gasteiger partial charge in [-0.3, -0.25) is 0 Å². The van der Waals surface area contributed by atoms with Gasteiger partial charge in [0.05, 0.1) is 19.0 Å². The summed E-state index contributed by atoms with van der Waals surface area (Å²) in [4.78, 5) is 0. The van der Waals surface area contributed by atoms with Crippen LogP contribution in [0.2, 0.25) is 0 Å². The lowest BCUT2D eigenvalue weighted by Crippen LogP contribution is -2.30. The van der Waals surface area contributed by atoms with Crippen LogP contribution in [0.1, 0.15) is 34.1 Å². The van der Waals surface area contributed by atoms with E-state index in [1.165, 1.54) is 0 Å². The summed E-state index contributed by atoms with van der Waals surface area (Å²) in [5.74, 6) is 0.264. The van der Waals surface area contributed by atoms with Gasteiger partial charge in [0.1, 0.15) is 0 Å². The van der Waals surface area contributed by atoms with Gasteiger partial charge in [-0.2, -0.15) is 0 Å². The Kier molecular flexibility index (Phi) is 3.01. The van der Waals surface area contributed by atoms with Gasteiger partial charge in [-0.1, -0.05) is 27.7 Å². The molecule has 2 heteroatoms. The molecule has 2 nitrogen and oxygen atoms in total. The fourth-order valence-electron chi connectivity index (χ4n) is 1.41. The second kappa shape index (κ2) is 3.70. The maximum absolute atomic E-state index is 10.0. The molecular formula is C11H20O2. The topological polar surface area (TPSA) is 29.5 Å². The predicted octanol–water partition coefficient (Wildman–Crippen LogP) is 2.33. The largest absolute Gasteiger partial charge is 0.501 e. The first kappa shape index (κ1) is 10.6. The highest BCUT2D eigenvalue weighted by Crippen LogP contribution is 2.32. The lowest BCUT2D eigenvalue weighted by molar-refractivity contribution is 0.0794. The van der Waals surface area contributed by atoms with E-state index in [0.29, 0.717) is 0 Å². The van der Waals surface area contributed by atoms with Crippen LogP contribution in [0.4, 0.5) is 0 Å². The highest BCUT2D eigenvalue weighted by atomic mass is 16.5. The SMILES string of the molecule is CC(C(O)C1=COCC1)C(C)(C)C. The Bertz CT molecular complexity index is 201. The third kappa shape index (κ3) is 2.47. The van der Waals surface area contributed by atoms with E-state index in [4.69, 9.17) is 4.74 Å². The third-order valence-corrected chi connectivity index (χ3v) is 2.96. The van der Waals surface area contributed by atoms with Gasteiger partial charge >= 0.3 is 0 Å². The predicted molar refractivity (Wildman–Crippen MR) is 53.3 cm³/mol. The summed E-state index contributed by atoms with van der Waals surface area (Å²) in [6.07, 6.45) is 2.25. The average Bonchev–Trinajstić information content (AvgIpc) is 2.51. The van der Waals surface area contributed by atoms with Crippen LogP contribution >= 0.6 is 0 Å². The van der Waals surface area contributed by atoms with Gasteiger partial charge in [0.15, 0.2) is 0 Å². The fraction of sp³-hybridized carbons (Fsp3) is 0.818. The maximum Gasteiger partial charge on any atom is 0.0912 e. The normalized spacial score (nSPS) is 22.1. The highest BCUT2D eigenvalue weighted by Gasteiger charge is 2.30. The second-order valence-corrected chi connectivity index (χ2v) is 4.91. The van der Waals surface area contributed by atoms with Crippen molar-refractivity contribution >= 4 is 0 Å². The quantitative estimate of drug-likeness (QED) is 0.713. The van der Waals surface area contributed by atoms with Gasteiger partial charge in [0.2, 0.25) is 0 Å². The van der Waals surface area contributed by atoms with Crippen LogP contribution in [0, 0.1) is 11.3 Å². The molecule has 0 aromatic rings. The van der Waals surface area contributed by atoms with Crippen LogP contribution in [0.3, 0.4) is 0 Å². The number of ether oxygens (including phenoxy) is 1. The molecule has 0 aromatic carbocycles. The van der Waals surface area contributed by atoms with E-state index >= 15 is 0 Å². The summed E-state index contributed by atoms with van der Waals surface area (Å²) in [5.41, 5.74) is 1.19. The van der Waals surface area contributed by atoms with E-state index in [2.05, 4.69) is 27.7 Å². The Morgan fingerprint density at radius 3 is 2.46 bits per heavy atom. The van der Waals surface area contributed by atoms with Crippen molar-refractivity contribution in [1.82, 2.24) is 0 Å². The number of aliphatic hydroxyl groups is 1. The minimum Gasteiger partial charge on any atom is -0.501 e. The highest BCUT2D eigenvalue weighted by molar-refractivity contribution is 5.10. The molecule has 0 aliphatic carbocycles. The van der Waals surface area contributed by atoms with Crippen LogP contribution in [0.25, 0.3) is 0 Å². The fourth-order valence-corrected chi connectivity index (χ4v) is 1.41. The van der Waals surface area contributed by atoms with Gasteiger partial charge < -0.3 is 9.84 Å². The first-order valence-corrected chi connectivity index (χ1v) is 4.91. The third-order valence-electron chi connectivity index (χ3n) is 2.96. The van der Waals surface area contributed by atoms with E-state index in [0.717, 1.165) is 18.6 Å². The Balaban J connectivity index is 2.61. The molecule has 76 valence electrons. The Labute approximate surface area is 80.6 Å². The number of hydrogen-bond acceptors (Lipinski definition) is 2. The van der Waals surface area contributed by atoms with E-state index in [1.807, 2.05) is 0 Å². The van der Waals surface area contributed by atoms with Gasteiger partial charge in [0.25, 0.3) is 0 Å². The summed E-state index contributed by atoms with van der Waals surface area (Å²) in [6, 6.07) is 0. The molecule has 1 aliphatic heterocycles. The van der Waals surface area contributed by atoms with Crippen molar-refractivity contribution in [2.24, 2.45) is 11.3 Å². The average molecular weight is 184 g/mol. The number of rotatable bonds is 2. The molecule has 13 heavy (non-hydrogen) atoms. The maximum atomic E-state index is 10.0. The molecule has 0 amide bonds. The van der Waals surface area contributed by atoms with Crippen molar-refractivity contribution in [1.29, 1.82) is 0 Å². The molecule has 1 rings (SSSR count). The second-order valence-electron chi connectivity index (χ2n) is 4.91. The lowest BCUT2D eigenvalue weighted by atomic mass is 9.76. The smallest absolute Gasteiger partial charge is 0.0912 e. The molecule has 2 unspecified atom stereocenters. The van der Waals surface area contributed by atoms with Crippen molar-refractivity contribution in [3.63, 3.8) is 0 Å². The minimum atomic E-state index is -0.345. The summed E-state index contributed by atoms with van der Waals surface area (Å²) >= 11 is 0. The van der Waals surface area contributed by atoms with Crippen molar-refractivity contribution in [2.45, 2.75) is 40.2 Å². The van der Waals surface area contributed by atoms with Crippen molar-refractivity contribution < 1.29 is 9.84 Å². The standard InChI is InChI=1S/C11H20O2/c1-8(11(2,3)4)10(12)9-5-6-13-7-9/h7-8,10,12H,5-6H2,1-4H3. The van der Waals surface area contributed by atoms with Gasteiger partial charge in [-0.25, -0.2) is 0 Å². The summed E-state index contributed by atoms with van der Waals surface area (Å²) < 4.78 is 5.12. The molecular weight excluding hydrogens is 164 g/mol. The molecule has 0 radical (unpaired) electrons. The van der Waals surface area contributed by atoms with Gasteiger partial charge in [-0.15, -0.1) is 0 Å². The first-order valence-electron chi connectivity index (χ1n) is 4.91. The molecule has 0 saturated heterocycles. The van der Waals surface area contributed by atoms with Crippen molar-refractivity contribution in [2.75, 3.05) is 6.61 Å².